The SMILES string of the molecule is O=C1OC(CO)CN1c1ccc(N2C=NOCC2)cc1. The molecule has 1 N–H and O–H groups in total. The van der Waals surface area contributed by atoms with E-state index in [1.54, 1.807) is 6.34 Å². The Kier molecular flexibility index (Phi) is 3.42. The van der Waals surface area contributed by atoms with E-state index < -0.39 is 12.2 Å². The van der Waals surface area contributed by atoms with Crippen molar-refractivity contribution in [3.63, 3.8) is 0 Å². The quantitative estimate of drug-likeness (QED) is 0.884. The van der Waals surface area contributed by atoms with Gasteiger partial charge in [-0.15, -0.1) is 0 Å². The molecule has 2 heterocycles. The third kappa shape index (κ3) is 2.39. The number of aliphatic hydroxyl groups is 1. The van der Waals surface area contributed by atoms with Gasteiger partial charge in [0.1, 0.15) is 19.0 Å². The minimum absolute atomic E-state index is 0.162. The van der Waals surface area contributed by atoms with E-state index in [0.717, 1.165) is 17.9 Å². The zero-order chi connectivity index (χ0) is 13.9. The lowest BCUT2D eigenvalue weighted by molar-refractivity contribution is 0.0963. The Balaban J connectivity index is 1.74. The molecular weight excluding hydrogens is 262 g/mol. The molecule has 106 valence electrons. The van der Waals surface area contributed by atoms with Crippen molar-refractivity contribution >= 4 is 23.8 Å². The molecule has 7 heteroatoms. The van der Waals surface area contributed by atoms with Gasteiger partial charge in [0.15, 0.2) is 0 Å². The van der Waals surface area contributed by atoms with Crippen molar-refractivity contribution in [2.45, 2.75) is 6.10 Å². The number of aliphatic hydroxyl groups excluding tert-OH is 1. The summed E-state index contributed by atoms with van der Waals surface area (Å²) in [5, 5.41) is 12.8. The van der Waals surface area contributed by atoms with Crippen LogP contribution >= 0.6 is 0 Å². The maximum Gasteiger partial charge on any atom is 0.414 e. The number of benzene rings is 1. The molecule has 2 aliphatic heterocycles. The number of rotatable bonds is 3. The summed E-state index contributed by atoms with van der Waals surface area (Å²) in [6.45, 7) is 1.49. The molecule has 0 bridgehead atoms. The van der Waals surface area contributed by atoms with Crippen LogP contribution < -0.4 is 9.80 Å². The summed E-state index contributed by atoms with van der Waals surface area (Å²) in [7, 11) is 0. The number of amides is 1. The predicted molar refractivity (Wildman–Crippen MR) is 72.9 cm³/mol. The number of carbonyl (C=O) groups excluding carboxylic acids is 1. The van der Waals surface area contributed by atoms with Gasteiger partial charge in [-0.25, -0.2) is 4.79 Å². The summed E-state index contributed by atoms with van der Waals surface area (Å²) in [5.41, 5.74) is 1.73. The second kappa shape index (κ2) is 5.38. The normalized spacial score (nSPS) is 21.9. The molecule has 7 nitrogen and oxygen atoms in total. The number of hydrogen-bond donors (Lipinski definition) is 1. The summed E-state index contributed by atoms with van der Waals surface area (Å²) in [4.78, 5) is 20.1. The number of ether oxygens (including phenoxy) is 1. The van der Waals surface area contributed by atoms with E-state index in [1.807, 2.05) is 29.2 Å². The maximum absolute atomic E-state index is 11.7. The Bertz CT molecular complexity index is 517. The summed E-state index contributed by atoms with van der Waals surface area (Å²) in [6.07, 6.45) is 0.753. The molecule has 0 aliphatic carbocycles. The summed E-state index contributed by atoms with van der Waals surface area (Å²) in [5.74, 6) is 0. The van der Waals surface area contributed by atoms with E-state index in [-0.39, 0.29) is 6.61 Å². The van der Waals surface area contributed by atoms with Gasteiger partial charge in [-0.3, -0.25) is 4.90 Å². The standard InChI is InChI=1S/C13H15N3O4/c17-8-12-7-16(13(18)20-12)11-3-1-10(2-4-11)15-5-6-19-14-9-15/h1-4,9,12,17H,5-8H2. The number of nitrogens with zero attached hydrogens (tertiary/aromatic N) is 3. The van der Waals surface area contributed by atoms with Crippen LogP contribution in [-0.4, -0.2) is 49.9 Å². The average molecular weight is 277 g/mol. The third-order valence-corrected chi connectivity index (χ3v) is 3.26. The third-order valence-electron chi connectivity index (χ3n) is 3.26. The van der Waals surface area contributed by atoms with Gasteiger partial charge in [0, 0.05) is 11.4 Å². The Morgan fingerprint density at radius 1 is 1.30 bits per heavy atom. The minimum Gasteiger partial charge on any atom is -0.441 e. The Morgan fingerprint density at radius 2 is 2.05 bits per heavy atom. The van der Waals surface area contributed by atoms with Crippen LogP contribution in [0.15, 0.2) is 29.4 Å². The van der Waals surface area contributed by atoms with Crippen LogP contribution in [0.25, 0.3) is 0 Å². The van der Waals surface area contributed by atoms with Gasteiger partial charge in [-0.2, -0.15) is 0 Å². The minimum atomic E-state index is -0.450. The first-order chi connectivity index (χ1) is 9.78. The van der Waals surface area contributed by atoms with Crippen molar-refractivity contribution in [1.29, 1.82) is 0 Å². The molecule has 1 atom stereocenters. The highest BCUT2D eigenvalue weighted by Crippen LogP contribution is 2.24. The molecule has 0 saturated carbocycles. The molecule has 0 aromatic heterocycles. The Morgan fingerprint density at radius 3 is 2.65 bits per heavy atom. The van der Waals surface area contributed by atoms with E-state index in [9.17, 15) is 4.79 Å². The lowest BCUT2D eigenvalue weighted by Gasteiger charge is -2.22. The Labute approximate surface area is 116 Å². The van der Waals surface area contributed by atoms with Crippen LogP contribution in [0.1, 0.15) is 0 Å². The van der Waals surface area contributed by atoms with Gasteiger partial charge >= 0.3 is 6.09 Å². The highest BCUT2D eigenvalue weighted by atomic mass is 16.6. The summed E-state index contributed by atoms with van der Waals surface area (Å²) >= 11 is 0. The average Bonchev–Trinajstić information content (AvgIpc) is 2.89. The zero-order valence-corrected chi connectivity index (χ0v) is 10.8. The number of oxime groups is 1. The molecule has 1 aromatic carbocycles. The molecule has 2 aliphatic rings. The summed E-state index contributed by atoms with van der Waals surface area (Å²) in [6, 6.07) is 7.51. The number of hydrogen-bond acceptors (Lipinski definition) is 6. The van der Waals surface area contributed by atoms with Crippen molar-refractivity contribution in [3.05, 3.63) is 24.3 Å². The van der Waals surface area contributed by atoms with Gasteiger partial charge in [0.05, 0.1) is 19.7 Å². The fourth-order valence-corrected chi connectivity index (χ4v) is 2.19. The first-order valence-corrected chi connectivity index (χ1v) is 6.39. The van der Waals surface area contributed by atoms with Gasteiger partial charge < -0.3 is 19.6 Å². The second-order valence-electron chi connectivity index (χ2n) is 4.56. The van der Waals surface area contributed by atoms with Crippen LogP contribution in [0.2, 0.25) is 0 Å². The van der Waals surface area contributed by atoms with Crippen molar-refractivity contribution in [2.75, 3.05) is 36.1 Å². The smallest absolute Gasteiger partial charge is 0.414 e. The molecule has 1 fully saturated rings. The molecule has 1 aromatic rings. The van der Waals surface area contributed by atoms with E-state index >= 15 is 0 Å². The van der Waals surface area contributed by atoms with Crippen LogP contribution in [0, 0.1) is 0 Å². The monoisotopic (exact) mass is 277 g/mol. The van der Waals surface area contributed by atoms with Crippen molar-refractivity contribution < 1.29 is 19.5 Å². The lowest BCUT2D eigenvalue weighted by Crippen LogP contribution is -2.29. The van der Waals surface area contributed by atoms with E-state index in [0.29, 0.717) is 13.2 Å². The van der Waals surface area contributed by atoms with Crippen LogP contribution in [0.5, 0.6) is 0 Å². The molecular formula is C13H15N3O4. The zero-order valence-electron chi connectivity index (χ0n) is 10.8. The predicted octanol–water partition coefficient (Wildman–Crippen LogP) is 0.784. The molecule has 20 heavy (non-hydrogen) atoms. The highest BCUT2D eigenvalue weighted by molar-refractivity contribution is 5.90. The van der Waals surface area contributed by atoms with Gasteiger partial charge in [-0.1, -0.05) is 5.16 Å². The molecule has 0 spiro atoms. The Hall–Kier alpha value is -2.28. The summed E-state index contributed by atoms with van der Waals surface area (Å²) < 4.78 is 5.01. The maximum atomic E-state index is 11.7. The fourth-order valence-electron chi connectivity index (χ4n) is 2.19. The van der Waals surface area contributed by atoms with Crippen LogP contribution in [0.3, 0.4) is 0 Å². The fraction of sp³-hybridized carbons (Fsp3) is 0.385. The van der Waals surface area contributed by atoms with Crippen molar-refractivity contribution in [2.24, 2.45) is 5.16 Å². The highest BCUT2D eigenvalue weighted by Gasteiger charge is 2.31. The number of anilines is 2. The van der Waals surface area contributed by atoms with E-state index in [1.165, 1.54) is 4.90 Å². The van der Waals surface area contributed by atoms with Gasteiger partial charge in [0.2, 0.25) is 0 Å². The van der Waals surface area contributed by atoms with Crippen LogP contribution in [0.4, 0.5) is 16.2 Å². The molecule has 0 radical (unpaired) electrons. The van der Waals surface area contributed by atoms with Gasteiger partial charge in [0.25, 0.3) is 0 Å². The van der Waals surface area contributed by atoms with Gasteiger partial charge in [-0.05, 0) is 24.3 Å². The topological polar surface area (TPSA) is 74.6 Å². The molecule has 3 rings (SSSR count). The molecule has 1 amide bonds. The molecule has 1 unspecified atom stereocenters. The van der Waals surface area contributed by atoms with E-state index in [4.69, 9.17) is 14.7 Å². The number of carbonyl (C=O) groups is 1. The van der Waals surface area contributed by atoms with Crippen molar-refractivity contribution in [3.8, 4) is 0 Å². The lowest BCUT2D eigenvalue weighted by atomic mass is 10.2. The van der Waals surface area contributed by atoms with E-state index in [2.05, 4.69) is 5.16 Å². The first kappa shape index (κ1) is 12.7. The van der Waals surface area contributed by atoms with Crippen molar-refractivity contribution in [1.82, 2.24) is 0 Å². The van der Waals surface area contributed by atoms with Crippen LogP contribution in [-0.2, 0) is 9.57 Å². The largest absolute Gasteiger partial charge is 0.441 e. The second-order valence-corrected chi connectivity index (χ2v) is 4.56. The first-order valence-electron chi connectivity index (χ1n) is 6.39. The molecule has 1 saturated heterocycles. The number of cyclic esters (lactones) is 1.